The van der Waals surface area contributed by atoms with E-state index >= 15 is 0 Å². The minimum Gasteiger partial charge on any atom is -0.465 e. The summed E-state index contributed by atoms with van der Waals surface area (Å²) in [5, 5.41) is -0.125. The van der Waals surface area contributed by atoms with Crippen molar-refractivity contribution < 1.29 is 18.3 Å². The Morgan fingerprint density at radius 1 is 1.00 bits per heavy atom. The smallest absolute Gasteiger partial charge is 0.319 e. The lowest BCUT2D eigenvalue weighted by Crippen LogP contribution is -2.21. The summed E-state index contributed by atoms with van der Waals surface area (Å²) in [7, 11) is 0. The fourth-order valence-electron chi connectivity index (χ4n) is 1.89. The van der Waals surface area contributed by atoms with Crippen LogP contribution in [0.4, 0.5) is 8.78 Å². The van der Waals surface area contributed by atoms with Crippen LogP contribution >= 0.6 is 11.8 Å². The molecule has 0 spiro atoms. The molecule has 21 heavy (non-hydrogen) atoms. The van der Waals surface area contributed by atoms with Crippen molar-refractivity contribution in [2.75, 3.05) is 12.4 Å². The molecule has 126 valence electrons. The zero-order valence-corrected chi connectivity index (χ0v) is 14.2. The Morgan fingerprint density at radius 3 is 2.29 bits per heavy atom. The molecule has 0 aromatic carbocycles. The number of thioether (sulfide) groups is 1. The Hall–Kier alpha value is -0.320. The number of hydrogen-bond donors (Lipinski definition) is 0. The molecule has 0 aliphatic carbocycles. The number of hydrogen-bond acceptors (Lipinski definition) is 3. The lowest BCUT2D eigenvalue weighted by atomic mass is 10.1. The van der Waals surface area contributed by atoms with Gasteiger partial charge in [-0.15, -0.1) is 11.8 Å². The third-order valence-electron chi connectivity index (χ3n) is 3.21. The van der Waals surface area contributed by atoms with Gasteiger partial charge in [0, 0.05) is 6.42 Å². The first-order valence-electron chi connectivity index (χ1n) is 8.18. The molecule has 5 heteroatoms. The first-order chi connectivity index (χ1) is 10.1. The summed E-state index contributed by atoms with van der Waals surface area (Å²) >= 11 is 1.57. The van der Waals surface area contributed by atoms with E-state index in [1.54, 1.807) is 11.8 Å². The van der Waals surface area contributed by atoms with Crippen LogP contribution in [0.3, 0.4) is 0 Å². The lowest BCUT2D eigenvalue weighted by molar-refractivity contribution is -0.143. The van der Waals surface area contributed by atoms with Crippen molar-refractivity contribution in [3.05, 3.63) is 0 Å². The molecule has 0 aliphatic heterocycles. The highest BCUT2D eigenvalue weighted by molar-refractivity contribution is 8.00. The number of carbonyl (C=O) groups excluding carboxylic acids is 1. The SMILES string of the molecule is CCCCCC(SCCCCC(F)F)C(=O)OCCCC. The molecule has 0 fully saturated rings. The third kappa shape index (κ3) is 13.1. The van der Waals surface area contributed by atoms with Gasteiger partial charge in [-0.1, -0.05) is 39.5 Å². The number of ether oxygens (including phenoxy) is 1. The van der Waals surface area contributed by atoms with Gasteiger partial charge in [0.25, 0.3) is 0 Å². The van der Waals surface area contributed by atoms with E-state index in [0.29, 0.717) is 13.0 Å². The van der Waals surface area contributed by atoms with Gasteiger partial charge in [-0.3, -0.25) is 4.79 Å². The van der Waals surface area contributed by atoms with Crippen molar-refractivity contribution in [2.24, 2.45) is 0 Å². The van der Waals surface area contributed by atoms with E-state index in [1.807, 2.05) is 0 Å². The zero-order valence-electron chi connectivity index (χ0n) is 13.4. The average molecular weight is 324 g/mol. The highest BCUT2D eigenvalue weighted by Gasteiger charge is 2.19. The number of carbonyl (C=O) groups is 1. The fraction of sp³-hybridized carbons (Fsp3) is 0.938. The second-order valence-corrected chi connectivity index (χ2v) is 6.57. The molecule has 0 heterocycles. The van der Waals surface area contributed by atoms with Crippen molar-refractivity contribution in [3.63, 3.8) is 0 Å². The van der Waals surface area contributed by atoms with Crippen LogP contribution < -0.4 is 0 Å². The number of alkyl halides is 2. The molecule has 0 N–H and O–H groups in total. The van der Waals surface area contributed by atoms with E-state index in [-0.39, 0.29) is 17.6 Å². The Bertz CT molecular complexity index is 250. The van der Waals surface area contributed by atoms with E-state index < -0.39 is 6.43 Å². The summed E-state index contributed by atoms with van der Waals surface area (Å²) in [4.78, 5) is 12.0. The van der Waals surface area contributed by atoms with Gasteiger partial charge in [0.15, 0.2) is 0 Å². The van der Waals surface area contributed by atoms with Crippen LogP contribution in [0.5, 0.6) is 0 Å². The molecular formula is C16H30F2O2S. The van der Waals surface area contributed by atoms with Gasteiger partial charge in [0.2, 0.25) is 6.43 Å². The number of unbranched alkanes of at least 4 members (excludes halogenated alkanes) is 4. The summed E-state index contributed by atoms with van der Waals surface area (Å²) in [6.07, 6.45) is 5.00. The molecule has 0 aromatic heterocycles. The standard InChI is InChI=1S/C16H30F2O2S/c1-3-5-7-10-14(16(19)20-12-6-4-2)21-13-9-8-11-15(17)18/h14-15H,3-13H2,1-2H3. The molecule has 1 atom stereocenters. The van der Waals surface area contributed by atoms with Crippen molar-refractivity contribution in [1.82, 2.24) is 0 Å². The summed E-state index contributed by atoms with van der Waals surface area (Å²) in [6, 6.07) is 0. The zero-order chi connectivity index (χ0) is 15.9. The predicted molar refractivity (Wildman–Crippen MR) is 86.1 cm³/mol. The van der Waals surface area contributed by atoms with E-state index in [9.17, 15) is 13.6 Å². The third-order valence-corrected chi connectivity index (χ3v) is 4.57. The summed E-state index contributed by atoms with van der Waals surface area (Å²) in [5.74, 6) is 0.630. The van der Waals surface area contributed by atoms with E-state index in [0.717, 1.165) is 50.7 Å². The Morgan fingerprint density at radius 2 is 1.67 bits per heavy atom. The van der Waals surface area contributed by atoms with Crippen molar-refractivity contribution in [1.29, 1.82) is 0 Å². The van der Waals surface area contributed by atoms with Crippen LogP contribution in [0.2, 0.25) is 0 Å². The molecule has 0 saturated carbocycles. The summed E-state index contributed by atoms with van der Waals surface area (Å²) in [6.45, 7) is 4.68. The normalized spacial score (nSPS) is 12.6. The van der Waals surface area contributed by atoms with Crippen LogP contribution in [0.15, 0.2) is 0 Å². The van der Waals surface area contributed by atoms with Crippen LogP contribution in [-0.4, -0.2) is 30.0 Å². The second kappa shape index (κ2) is 14.6. The average Bonchev–Trinajstić information content (AvgIpc) is 2.45. The molecule has 0 aromatic rings. The Labute approximate surface area is 132 Å². The Balaban J connectivity index is 3.97. The quantitative estimate of drug-likeness (QED) is 0.314. The molecule has 0 bridgehead atoms. The predicted octanol–water partition coefficient (Wildman–Crippen LogP) is 5.45. The molecule has 2 nitrogen and oxygen atoms in total. The number of rotatable bonds is 14. The van der Waals surface area contributed by atoms with Gasteiger partial charge in [-0.2, -0.15) is 0 Å². The van der Waals surface area contributed by atoms with Gasteiger partial charge in [-0.25, -0.2) is 8.78 Å². The molecular weight excluding hydrogens is 294 g/mol. The molecule has 0 rings (SSSR count). The molecule has 0 radical (unpaired) electrons. The monoisotopic (exact) mass is 324 g/mol. The fourth-order valence-corrected chi connectivity index (χ4v) is 3.08. The minimum atomic E-state index is -2.21. The van der Waals surface area contributed by atoms with Gasteiger partial charge in [-0.05, 0) is 31.4 Å². The van der Waals surface area contributed by atoms with Gasteiger partial charge >= 0.3 is 5.97 Å². The van der Waals surface area contributed by atoms with Crippen LogP contribution in [0.25, 0.3) is 0 Å². The lowest BCUT2D eigenvalue weighted by Gasteiger charge is -2.15. The minimum absolute atomic E-state index is 0.0397. The van der Waals surface area contributed by atoms with E-state index in [2.05, 4.69) is 13.8 Å². The molecule has 0 amide bonds. The maximum absolute atomic E-state index is 12.0. The Kier molecular flexibility index (Phi) is 14.4. The number of halogens is 2. The molecule has 1 unspecified atom stereocenters. The van der Waals surface area contributed by atoms with Gasteiger partial charge in [0.05, 0.1) is 6.61 Å². The first-order valence-corrected chi connectivity index (χ1v) is 9.23. The molecule has 0 aliphatic rings. The highest BCUT2D eigenvalue weighted by atomic mass is 32.2. The maximum atomic E-state index is 12.0. The number of esters is 1. The molecule has 0 saturated heterocycles. The van der Waals surface area contributed by atoms with Crippen molar-refractivity contribution >= 4 is 17.7 Å². The summed E-state index contributed by atoms with van der Waals surface area (Å²) in [5.41, 5.74) is 0. The summed E-state index contributed by atoms with van der Waals surface area (Å²) < 4.78 is 29.4. The topological polar surface area (TPSA) is 26.3 Å². The van der Waals surface area contributed by atoms with E-state index in [4.69, 9.17) is 4.74 Å². The van der Waals surface area contributed by atoms with Crippen LogP contribution in [0.1, 0.15) is 71.6 Å². The van der Waals surface area contributed by atoms with Crippen molar-refractivity contribution in [3.8, 4) is 0 Å². The largest absolute Gasteiger partial charge is 0.465 e. The maximum Gasteiger partial charge on any atom is 0.319 e. The van der Waals surface area contributed by atoms with Crippen LogP contribution in [0, 0.1) is 0 Å². The highest BCUT2D eigenvalue weighted by Crippen LogP contribution is 2.22. The van der Waals surface area contributed by atoms with Gasteiger partial charge < -0.3 is 4.74 Å². The van der Waals surface area contributed by atoms with Crippen LogP contribution in [-0.2, 0) is 9.53 Å². The van der Waals surface area contributed by atoms with E-state index in [1.165, 1.54) is 0 Å². The van der Waals surface area contributed by atoms with Crippen molar-refractivity contribution in [2.45, 2.75) is 83.3 Å². The first kappa shape index (κ1) is 20.7. The second-order valence-electron chi connectivity index (χ2n) is 5.26. The van der Waals surface area contributed by atoms with Gasteiger partial charge in [0.1, 0.15) is 5.25 Å².